The van der Waals surface area contributed by atoms with Gasteiger partial charge in [-0.25, -0.2) is 22.7 Å². The molecule has 10 nitrogen and oxygen atoms in total. The maximum Gasteiger partial charge on any atom is 0.326 e. The molecule has 0 bridgehead atoms. The fourth-order valence-electron chi connectivity index (χ4n) is 1.30. The standard InChI is InChI=1S/C10H20N4O6S/c1-21(19,20)13-6-2-5-12-10(18)14-7(9(16)17)3-4-8(11)15/h7,13H,2-6H2,1H3,(H2,11,15)(H,16,17)(H2,12,14,18). The van der Waals surface area contributed by atoms with Crippen LogP contribution in [0.3, 0.4) is 0 Å². The molecule has 0 fully saturated rings. The summed E-state index contributed by atoms with van der Waals surface area (Å²) >= 11 is 0. The molecule has 6 N–H and O–H groups in total. The van der Waals surface area contributed by atoms with Crippen molar-refractivity contribution in [1.82, 2.24) is 15.4 Å². The van der Waals surface area contributed by atoms with Gasteiger partial charge in [-0.05, 0) is 12.8 Å². The second-order valence-electron chi connectivity index (χ2n) is 4.32. The van der Waals surface area contributed by atoms with Crippen LogP contribution >= 0.6 is 0 Å². The molecule has 0 aliphatic heterocycles. The first-order chi connectivity index (χ1) is 9.61. The number of hydrogen-bond donors (Lipinski definition) is 5. The monoisotopic (exact) mass is 324 g/mol. The predicted molar refractivity (Wildman–Crippen MR) is 73.9 cm³/mol. The van der Waals surface area contributed by atoms with E-state index < -0.39 is 34.0 Å². The summed E-state index contributed by atoms with van der Waals surface area (Å²) in [5.41, 5.74) is 4.90. The maximum atomic E-state index is 11.4. The summed E-state index contributed by atoms with van der Waals surface area (Å²) in [4.78, 5) is 32.9. The zero-order valence-corrected chi connectivity index (χ0v) is 12.4. The smallest absolute Gasteiger partial charge is 0.326 e. The van der Waals surface area contributed by atoms with Gasteiger partial charge in [-0.1, -0.05) is 0 Å². The number of carboxylic acids is 1. The number of nitrogens with two attached hydrogens (primary N) is 1. The van der Waals surface area contributed by atoms with E-state index >= 15 is 0 Å². The highest BCUT2D eigenvalue weighted by molar-refractivity contribution is 7.88. The normalized spacial score (nSPS) is 12.4. The highest BCUT2D eigenvalue weighted by Crippen LogP contribution is 1.97. The number of urea groups is 1. The Balaban J connectivity index is 3.98. The van der Waals surface area contributed by atoms with Gasteiger partial charge in [0.25, 0.3) is 0 Å². The van der Waals surface area contributed by atoms with E-state index in [1.165, 1.54) is 0 Å². The van der Waals surface area contributed by atoms with Crippen molar-refractivity contribution in [2.75, 3.05) is 19.3 Å². The van der Waals surface area contributed by atoms with E-state index in [0.29, 0.717) is 6.42 Å². The second kappa shape index (κ2) is 9.13. The molecule has 1 atom stereocenters. The third-order valence-electron chi connectivity index (χ3n) is 2.29. The Labute approximate surface area is 122 Å². The first kappa shape index (κ1) is 19.1. The van der Waals surface area contributed by atoms with Crippen LogP contribution in [0.1, 0.15) is 19.3 Å². The van der Waals surface area contributed by atoms with E-state index in [4.69, 9.17) is 10.8 Å². The minimum absolute atomic E-state index is 0.103. The Kier molecular flexibility index (Phi) is 8.31. The summed E-state index contributed by atoms with van der Waals surface area (Å²) in [6.07, 6.45) is 1.10. The average molecular weight is 324 g/mol. The van der Waals surface area contributed by atoms with Crippen molar-refractivity contribution >= 4 is 27.9 Å². The summed E-state index contributed by atoms with van der Waals surface area (Å²) in [5, 5.41) is 13.4. The minimum Gasteiger partial charge on any atom is -0.480 e. The van der Waals surface area contributed by atoms with Crippen molar-refractivity contribution in [3.05, 3.63) is 0 Å². The number of carbonyl (C=O) groups is 3. The van der Waals surface area contributed by atoms with Gasteiger partial charge in [0.2, 0.25) is 15.9 Å². The average Bonchev–Trinajstić information content (AvgIpc) is 2.31. The lowest BCUT2D eigenvalue weighted by Gasteiger charge is -2.14. The van der Waals surface area contributed by atoms with Crippen molar-refractivity contribution in [2.24, 2.45) is 5.73 Å². The molecule has 1 unspecified atom stereocenters. The third kappa shape index (κ3) is 11.6. The number of primary amides is 1. The van der Waals surface area contributed by atoms with Crippen molar-refractivity contribution in [1.29, 1.82) is 0 Å². The summed E-state index contributed by atoms with van der Waals surface area (Å²) in [5.74, 6) is -1.93. The summed E-state index contributed by atoms with van der Waals surface area (Å²) < 4.78 is 23.8. The molecule has 3 amide bonds. The van der Waals surface area contributed by atoms with Crippen LogP contribution in [0.2, 0.25) is 0 Å². The zero-order valence-electron chi connectivity index (χ0n) is 11.6. The number of rotatable bonds is 10. The number of sulfonamides is 1. The molecule has 0 rings (SSSR count). The van der Waals surface area contributed by atoms with Crippen LogP contribution in [0, 0.1) is 0 Å². The molecular formula is C10H20N4O6S. The molecule has 11 heteroatoms. The lowest BCUT2D eigenvalue weighted by atomic mass is 10.1. The highest BCUT2D eigenvalue weighted by atomic mass is 32.2. The minimum atomic E-state index is -3.27. The molecule has 0 aromatic heterocycles. The summed E-state index contributed by atoms with van der Waals surface area (Å²) in [6.45, 7) is 0.319. The number of carbonyl (C=O) groups excluding carboxylic acids is 2. The molecular weight excluding hydrogens is 304 g/mol. The molecule has 0 spiro atoms. The molecule has 0 aromatic rings. The first-order valence-corrected chi connectivity index (χ1v) is 8.01. The van der Waals surface area contributed by atoms with E-state index in [9.17, 15) is 22.8 Å². The second-order valence-corrected chi connectivity index (χ2v) is 6.15. The van der Waals surface area contributed by atoms with Crippen molar-refractivity contribution in [3.63, 3.8) is 0 Å². The fraction of sp³-hybridized carbons (Fsp3) is 0.700. The van der Waals surface area contributed by atoms with E-state index in [-0.39, 0.29) is 25.9 Å². The topological polar surface area (TPSA) is 168 Å². The van der Waals surface area contributed by atoms with Crippen LogP contribution in [0.15, 0.2) is 0 Å². The lowest BCUT2D eigenvalue weighted by molar-refractivity contribution is -0.139. The largest absolute Gasteiger partial charge is 0.480 e. The molecule has 0 heterocycles. The number of aliphatic carboxylic acids is 1. The summed E-state index contributed by atoms with van der Waals surface area (Å²) in [7, 11) is -3.27. The van der Waals surface area contributed by atoms with E-state index in [2.05, 4.69) is 15.4 Å². The SMILES string of the molecule is CS(=O)(=O)NCCCNC(=O)NC(CCC(N)=O)C(=O)O. The summed E-state index contributed by atoms with van der Waals surface area (Å²) in [6, 6.07) is -1.93. The van der Waals surface area contributed by atoms with Gasteiger partial charge in [0.1, 0.15) is 6.04 Å². The Morgan fingerprint density at radius 2 is 1.86 bits per heavy atom. The van der Waals surface area contributed by atoms with Gasteiger partial charge >= 0.3 is 12.0 Å². The Morgan fingerprint density at radius 3 is 2.33 bits per heavy atom. The number of hydrogen-bond acceptors (Lipinski definition) is 5. The van der Waals surface area contributed by atoms with E-state index in [1.807, 2.05) is 0 Å². The van der Waals surface area contributed by atoms with Crippen LogP contribution in [0.25, 0.3) is 0 Å². The number of amides is 3. The highest BCUT2D eigenvalue weighted by Gasteiger charge is 2.20. The van der Waals surface area contributed by atoms with Gasteiger partial charge in [0, 0.05) is 19.5 Å². The molecule has 0 aromatic carbocycles. The van der Waals surface area contributed by atoms with Gasteiger partial charge < -0.3 is 21.5 Å². The quantitative estimate of drug-likeness (QED) is 0.290. The predicted octanol–water partition coefficient (Wildman–Crippen LogP) is -2.06. The van der Waals surface area contributed by atoms with Crippen LogP contribution < -0.4 is 21.1 Å². The van der Waals surface area contributed by atoms with Gasteiger partial charge in [0.15, 0.2) is 0 Å². The Morgan fingerprint density at radius 1 is 1.24 bits per heavy atom. The van der Waals surface area contributed by atoms with Crippen molar-refractivity contribution in [2.45, 2.75) is 25.3 Å². The first-order valence-electron chi connectivity index (χ1n) is 6.12. The Hall–Kier alpha value is -1.88. The van der Waals surface area contributed by atoms with Crippen LogP contribution in [0.5, 0.6) is 0 Å². The van der Waals surface area contributed by atoms with E-state index in [0.717, 1.165) is 6.26 Å². The number of nitrogens with one attached hydrogen (secondary N) is 3. The maximum absolute atomic E-state index is 11.4. The molecule has 0 radical (unpaired) electrons. The zero-order chi connectivity index (χ0) is 16.5. The van der Waals surface area contributed by atoms with Crippen molar-refractivity contribution < 1.29 is 27.9 Å². The Bertz CT molecular complexity index is 478. The molecule has 122 valence electrons. The van der Waals surface area contributed by atoms with Gasteiger partial charge in [-0.15, -0.1) is 0 Å². The molecule has 21 heavy (non-hydrogen) atoms. The fourth-order valence-corrected chi connectivity index (χ4v) is 1.82. The number of carboxylic acid groups (broad SMARTS) is 1. The van der Waals surface area contributed by atoms with Crippen LogP contribution in [-0.4, -0.2) is 56.8 Å². The van der Waals surface area contributed by atoms with Crippen LogP contribution in [-0.2, 0) is 19.6 Å². The molecule has 0 aliphatic carbocycles. The van der Waals surface area contributed by atoms with Crippen LogP contribution in [0.4, 0.5) is 4.79 Å². The van der Waals surface area contributed by atoms with Gasteiger partial charge in [-0.2, -0.15) is 0 Å². The van der Waals surface area contributed by atoms with Gasteiger partial charge in [0.05, 0.1) is 6.26 Å². The van der Waals surface area contributed by atoms with E-state index in [1.54, 1.807) is 0 Å². The molecule has 0 saturated carbocycles. The molecule has 0 aliphatic rings. The third-order valence-corrected chi connectivity index (χ3v) is 3.01. The van der Waals surface area contributed by atoms with Gasteiger partial charge in [-0.3, -0.25) is 4.79 Å². The lowest BCUT2D eigenvalue weighted by Crippen LogP contribution is -2.46. The molecule has 0 saturated heterocycles. The van der Waals surface area contributed by atoms with Crippen molar-refractivity contribution in [3.8, 4) is 0 Å².